The molecule has 3 heterocycles. The fraction of sp³-hybridized carbons (Fsp3) is 0.579. The number of hydrogen-bond acceptors (Lipinski definition) is 6. The van der Waals surface area contributed by atoms with Gasteiger partial charge in [0.05, 0.1) is 11.5 Å². The quantitative estimate of drug-likeness (QED) is 0.781. The maximum Gasteiger partial charge on any atom is 0.243 e. The van der Waals surface area contributed by atoms with Crippen molar-refractivity contribution in [2.75, 3.05) is 19.7 Å². The fourth-order valence-electron chi connectivity index (χ4n) is 3.99. The molecule has 3 aliphatic rings. The van der Waals surface area contributed by atoms with Gasteiger partial charge in [0.2, 0.25) is 15.9 Å². The average molecular weight is 389 g/mol. The van der Waals surface area contributed by atoms with Gasteiger partial charge in [-0.1, -0.05) is 5.16 Å². The Labute approximate surface area is 158 Å². The number of fused-ring (bicyclic) bond motifs is 1. The summed E-state index contributed by atoms with van der Waals surface area (Å²) in [7, 11) is -3.50. The number of sulfonamides is 1. The molecule has 1 aromatic heterocycles. The highest BCUT2D eigenvalue weighted by Crippen LogP contribution is 2.38. The summed E-state index contributed by atoms with van der Waals surface area (Å²) in [5.41, 5.74) is 0.975. The fourth-order valence-corrected chi connectivity index (χ4v) is 5.60. The molecule has 144 valence electrons. The topological polar surface area (TPSA) is 85.5 Å². The van der Waals surface area contributed by atoms with Gasteiger partial charge in [0, 0.05) is 31.8 Å². The Kier molecular flexibility index (Phi) is 4.20. The molecule has 0 radical (unpaired) electrons. The van der Waals surface area contributed by atoms with E-state index >= 15 is 0 Å². The van der Waals surface area contributed by atoms with E-state index in [2.05, 4.69) is 10.1 Å². The molecule has 0 N–H and O–H groups in total. The van der Waals surface area contributed by atoms with Crippen LogP contribution >= 0.6 is 0 Å². The van der Waals surface area contributed by atoms with E-state index in [1.807, 2.05) is 0 Å². The number of rotatable bonds is 5. The van der Waals surface area contributed by atoms with E-state index < -0.39 is 10.0 Å². The van der Waals surface area contributed by atoms with Gasteiger partial charge in [-0.2, -0.15) is 9.29 Å². The van der Waals surface area contributed by atoms with E-state index in [0.29, 0.717) is 42.8 Å². The van der Waals surface area contributed by atoms with E-state index in [1.54, 1.807) is 22.5 Å². The van der Waals surface area contributed by atoms with Crippen LogP contribution in [0.3, 0.4) is 0 Å². The molecule has 1 aromatic carbocycles. The van der Waals surface area contributed by atoms with Crippen LogP contribution in [-0.4, -0.2) is 42.6 Å². The van der Waals surface area contributed by atoms with Crippen LogP contribution in [-0.2, 0) is 22.9 Å². The number of ether oxygens (including phenoxy) is 1. The summed E-state index contributed by atoms with van der Waals surface area (Å²) < 4.78 is 38.7. The Balaban J connectivity index is 1.30. The van der Waals surface area contributed by atoms with Gasteiger partial charge in [-0.25, -0.2) is 8.42 Å². The first-order chi connectivity index (χ1) is 13.1. The molecule has 2 aliphatic heterocycles. The molecule has 1 saturated heterocycles. The molecule has 1 atom stereocenters. The summed E-state index contributed by atoms with van der Waals surface area (Å²) >= 11 is 0. The summed E-state index contributed by atoms with van der Waals surface area (Å²) in [5.74, 6) is 2.92. The molecule has 0 spiro atoms. The maximum atomic E-state index is 13.1. The Hall–Kier alpha value is -1.93. The number of hydrogen-bond donors (Lipinski definition) is 0. The highest BCUT2D eigenvalue weighted by atomic mass is 32.2. The normalized spacial score (nSPS) is 23.2. The molecule has 27 heavy (non-hydrogen) atoms. The third-order valence-electron chi connectivity index (χ3n) is 5.67. The highest BCUT2D eigenvalue weighted by Gasteiger charge is 2.33. The molecule has 5 rings (SSSR count). The van der Waals surface area contributed by atoms with Crippen molar-refractivity contribution in [3.63, 3.8) is 0 Å². The van der Waals surface area contributed by atoms with Gasteiger partial charge in [-0.05, 0) is 55.4 Å². The summed E-state index contributed by atoms with van der Waals surface area (Å²) in [6, 6.07) is 5.19. The van der Waals surface area contributed by atoms with Crippen LogP contribution in [0, 0.1) is 5.92 Å². The van der Waals surface area contributed by atoms with Gasteiger partial charge in [0.25, 0.3) is 0 Å². The zero-order chi connectivity index (χ0) is 18.4. The average Bonchev–Trinajstić information content (AvgIpc) is 3.23. The Morgan fingerprint density at radius 3 is 2.96 bits per heavy atom. The van der Waals surface area contributed by atoms with Crippen LogP contribution in [0.2, 0.25) is 0 Å². The number of piperidine rings is 1. The van der Waals surface area contributed by atoms with E-state index in [0.717, 1.165) is 49.2 Å². The predicted octanol–water partition coefficient (Wildman–Crippen LogP) is 2.53. The molecule has 2 fully saturated rings. The van der Waals surface area contributed by atoms with Crippen LogP contribution in [0.15, 0.2) is 27.6 Å². The second-order valence-electron chi connectivity index (χ2n) is 7.76. The maximum absolute atomic E-state index is 13.1. The van der Waals surface area contributed by atoms with E-state index in [-0.39, 0.29) is 5.92 Å². The van der Waals surface area contributed by atoms with Gasteiger partial charge in [-0.15, -0.1) is 0 Å². The summed E-state index contributed by atoms with van der Waals surface area (Å²) in [6.07, 6.45) is 5.51. The van der Waals surface area contributed by atoms with E-state index in [1.165, 1.54) is 0 Å². The lowest BCUT2D eigenvalue weighted by molar-refractivity contribution is 0.247. The Morgan fingerprint density at radius 2 is 2.11 bits per heavy atom. The lowest BCUT2D eigenvalue weighted by atomic mass is 9.96. The Bertz CT molecular complexity index is 952. The van der Waals surface area contributed by atoms with Crippen molar-refractivity contribution in [3.8, 4) is 5.75 Å². The van der Waals surface area contributed by atoms with Crippen LogP contribution in [0.5, 0.6) is 5.75 Å². The zero-order valence-corrected chi connectivity index (χ0v) is 16.0. The first kappa shape index (κ1) is 17.2. The first-order valence-corrected chi connectivity index (χ1v) is 11.1. The smallest absolute Gasteiger partial charge is 0.243 e. The van der Waals surface area contributed by atoms with Crippen molar-refractivity contribution < 1.29 is 17.7 Å². The molecule has 1 saturated carbocycles. The molecule has 2 aromatic rings. The molecule has 1 aliphatic carbocycles. The van der Waals surface area contributed by atoms with Crippen molar-refractivity contribution in [3.05, 3.63) is 35.5 Å². The second kappa shape index (κ2) is 6.60. The molecule has 0 unspecified atom stereocenters. The molecular weight excluding hydrogens is 366 g/mol. The SMILES string of the molecule is O=S(=O)(c1ccc2c(c1)CCO2)N1CCC[C@@H](Cc2nc(C3CC3)no2)C1. The van der Waals surface area contributed by atoms with Crippen LogP contribution < -0.4 is 4.74 Å². The molecular formula is C19H23N3O4S. The minimum Gasteiger partial charge on any atom is -0.493 e. The third-order valence-corrected chi connectivity index (χ3v) is 7.53. The van der Waals surface area contributed by atoms with Crippen LogP contribution in [0.4, 0.5) is 0 Å². The standard InChI is InChI=1S/C19H23N3O4S/c23-27(24,16-5-6-17-15(11-16)7-9-25-17)22-8-1-2-13(12-22)10-18-20-19(21-26-18)14-3-4-14/h5-6,11,13-14H,1-4,7-10,12H2/t13-/m0/s1. The monoisotopic (exact) mass is 389 g/mol. The number of aromatic nitrogens is 2. The lowest BCUT2D eigenvalue weighted by Crippen LogP contribution is -2.40. The van der Waals surface area contributed by atoms with Gasteiger partial charge in [0.15, 0.2) is 5.82 Å². The number of nitrogens with zero attached hydrogens (tertiary/aromatic N) is 3. The van der Waals surface area contributed by atoms with Crippen LogP contribution in [0.25, 0.3) is 0 Å². The predicted molar refractivity (Wildman–Crippen MR) is 97.1 cm³/mol. The second-order valence-corrected chi connectivity index (χ2v) is 9.70. The first-order valence-electron chi connectivity index (χ1n) is 9.68. The summed E-state index contributed by atoms with van der Waals surface area (Å²) in [5, 5.41) is 4.06. The van der Waals surface area contributed by atoms with E-state index in [9.17, 15) is 8.42 Å². The van der Waals surface area contributed by atoms with Crippen molar-refractivity contribution >= 4 is 10.0 Å². The van der Waals surface area contributed by atoms with Crippen molar-refractivity contribution in [2.24, 2.45) is 5.92 Å². The number of benzene rings is 1. The van der Waals surface area contributed by atoms with Crippen LogP contribution in [0.1, 0.15) is 48.9 Å². The summed E-state index contributed by atoms with van der Waals surface area (Å²) in [4.78, 5) is 4.85. The van der Waals surface area contributed by atoms with Gasteiger partial charge < -0.3 is 9.26 Å². The third kappa shape index (κ3) is 3.36. The minimum absolute atomic E-state index is 0.207. The Morgan fingerprint density at radius 1 is 1.22 bits per heavy atom. The molecule has 0 amide bonds. The molecule has 7 nitrogen and oxygen atoms in total. The van der Waals surface area contributed by atoms with E-state index in [4.69, 9.17) is 9.26 Å². The minimum atomic E-state index is -3.50. The summed E-state index contributed by atoms with van der Waals surface area (Å²) in [6.45, 7) is 1.68. The van der Waals surface area contributed by atoms with Crippen molar-refractivity contribution in [1.29, 1.82) is 0 Å². The zero-order valence-electron chi connectivity index (χ0n) is 15.1. The lowest BCUT2D eigenvalue weighted by Gasteiger charge is -2.31. The van der Waals surface area contributed by atoms with Crippen molar-refractivity contribution in [2.45, 2.75) is 49.3 Å². The van der Waals surface area contributed by atoms with Gasteiger partial charge in [0.1, 0.15) is 5.75 Å². The van der Waals surface area contributed by atoms with Crippen molar-refractivity contribution in [1.82, 2.24) is 14.4 Å². The largest absolute Gasteiger partial charge is 0.493 e. The van der Waals surface area contributed by atoms with Gasteiger partial charge in [-0.3, -0.25) is 0 Å². The van der Waals surface area contributed by atoms with Gasteiger partial charge >= 0.3 is 0 Å². The highest BCUT2D eigenvalue weighted by molar-refractivity contribution is 7.89. The molecule has 8 heteroatoms. The molecule has 0 bridgehead atoms.